The molecule has 12 heteroatoms. The van der Waals surface area contributed by atoms with Gasteiger partial charge in [0.15, 0.2) is 0 Å². The number of benzene rings is 3. The quantitative estimate of drug-likeness (QED) is 0.198. The van der Waals surface area contributed by atoms with Crippen LogP contribution in [0.2, 0.25) is 10.0 Å². The first kappa shape index (κ1) is 25.4. The summed E-state index contributed by atoms with van der Waals surface area (Å²) < 4.78 is 1.78. The topological polar surface area (TPSA) is 123 Å². The monoisotopic (exact) mass is 550 g/mol. The van der Waals surface area contributed by atoms with Gasteiger partial charge in [0, 0.05) is 52.3 Å². The summed E-state index contributed by atoms with van der Waals surface area (Å²) in [6.07, 6.45) is 1.50. The molecule has 1 aliphatic rings. The van der Waals surface area contributed by atoms with Crippen molar-refractivity contribution in [2.45, 2.75) is 18.9 Å². The van der Waals surface area contributed by atoms with Gasteiger partial charge in [-0.15, -0.1) is 0 Å². The van der Waals surface area contributed by atoms with Crippen molar-refractivity contribution in [2.24, 2.45) is 5.10 Å². The number of nitrogens with one attached hydrogen (secondary N) is 1. The average Bonchev–Trinajstić information content (AvgIpc) is 3.46. The Morgan fingerprint density at radius 3 is 2.68 bits per heavy atom. The summed E-state index contributed by atoms with van der Waals surface area (Å²) >= 11 is 12.1. The molecule has 0 radical (unpaired) electrons. The third-order valence-corrected chi connectivity index (χ3v) is 6.79. The Morgan fingerprint density at radius 2 is 1.92 bits per heavy atom. The molecule has 1 aliphatic heterocycles. The third kappa shape index (κ3) is 5.22. The zero-order chi connectivity index (χ0) is 26.8. The van der Waals surface area contributed by atoms with E-state index in [1.165, 1.54) is 24.4 Å². The van der Waals surface area contributed by atoms with Crippen molar-refractivity contribution in [1.82, 2.24) is 15.0 Å². The molecule has 0 spiro atoms. The van der Waals surface area contributed by atoms with Crippen molar-refractivity contribution in [3.05, 3.63) is 98.3 Å². The Labute approximate surface area is 226 Å². The van der Waals surface area contributed by atoms with Crippen LogP contribution in [-0.4, -0.2) is 39.0 Å². The fraction of sp³-hybridized carbons (Fsp3) is 0.154. The lowest BCUT2D eigenvalue weighted by molar-refractivity contribution is -0.384. The van der Waals surface area contributed by atoms with E-state index in [1.807, 2.05) is 24.3 Å². The van der Waals surface area contributed by atoms with E-state index >= 15 is 0 Å². The molecule has 1 saturated heterocycles. The number of halogens is 2. The first-order valence-corrected chi connectivity index (χ1v) is 12.3. The van der Waals surface area contributed by atoms with Crippen molar-refractivity contribution in [2.75, 3.05) is 11.4 Å². The van der Waals surface area contributed by atoms with E-state index in [-0.39, 0.29) is 35.5 Å². The molecule has 1 atom stereocenters. The molecular weight excluding hydrogens is 531 g/mol. The van der Waals surface area contributed by atoms with Crippen LogP contribution in [-0.2, 0) is 16.1 Å². The van der Waals surface area contributed by atoms with Crippen LogP contribution in [0.5, 0.6) is 0 Å². The smallest absolute Gasteiger partial charge is 0.270 e. The number of amides is 2. The van der Waals surface area contributed by atoms with Crippen LogP contribution < -0.4 is 10.3 Å². The fourth-order valence-electron chi connectivity index (χ4n) is 4.42. The van der Waals surface area contributed by atoms with Crippen LogP contribution >= 0.6 is 23.2 Å². The molecule has 4 aromatic rings. The number of anilines is 1. The van der Waals surface area contributed by atoms with Crippen molar-refractivity contribution in [3.8, 4) is 0 Å². The van der Waals surface area contributed by atoms with E-state index in [4.69, 9.17) is 28.2 Å². The summed E-state index contributed by atoms with van der Waals surface area (Å²) in [5.74, 6) is -0.0904. The van der Waals surface area contributed by atoms with Crippen LogP contribution in [0.25, 0.3) is 11.0 Å². The molecule has 3 aromatic carbocycles. The lowest BCUT2D eigenvalue weighted by Gasteiger charge is -2.17. The average molecular weight is 551 g/mol. The number of fused-ring (bicyclic) bond motifs is 1. The predicted octanol–water partition coefficient (Wildman–Crippen LogP) is 4.92. The van der Waals surface area contributed by atoms with Crippen molar-refractivity contribution in [3.63, 3.8) is 0 Å². The minimum Gasteiger partial charge on any atom is -0.318 e. The van der Waals surface area contributed by atoms with Gasteiger partial charge in [-0.3, -0.25) is 19.7 Å². The first-order valence-electron chi connectivity index (χ1n) is 11.6. The molecule has 1 fully saturated rings. The Balaban J connectivity index is 1.36. The summed E-state index contributed by atoms with van der Waals surface area (Å²) in [5, 5.41) is 15.8. The standard InChI is InChI=1S/C26H20Cl2N6O4/c27-18-5-7-19(8-6-18)32-14-17(12-25(32)36)26-30-22-3-1-2-4-23(22)33(26)15-24(35)31-29-13-16-11-20(34(37)38)9-10-21(16)28/h1-11,13,17H,12,14-15H2,(H,31,35). The summed E-state index contributed by atoms with van der Waals surface area (Å²) in [6.45, 7) is 0.316. The van der Waals surface area contributed by atoms with Crippen LogP contribution in [0.4, 0.5) is 11.4 Å². The Morgan fingerprint density at radius 1 is 1.16 bits per heavy atom. The van der Waals surface area contributed by atoms with Gasteiger partial charge >= 0.3 is 0 Å². The summed E-state index contributed by atoms with van der Waals surface area (Å²) in [7, 11) is 0. The maximum absolute atomic E-state index is 12.9. The number of carbonyl (C=O) groups excluding carboxylic acids is 2. The minimum atomic E-state index is -0.542. The highest BCUT2D eigenvalue weighted by molar-refractivity contribution is 6.33. The fourth-order valence-corrected chi connectivity index (χ4v) is 4.71. The van der Waals surface area contributed by atoms with E-state index < -0.39 is 10.8 Å². The summed E-state index contributed by atoms with van der Waals surface area (Å²) in [5.41, 5.74) is 4.80. The van der Waals surface area contributed by atoms with E-state index in [0.717, 1.165) is 11.2 Å². The number of nitrogens with zero attached hydrogens (tertiary/aromatic N) is 5. The lowest BCUT2D eigenvalue weighted by Crippen LogP contribution is -2.26. The Hall–Kier alpha value is -4.28. The summed E-state index contributed by atoms with van der Waals surface area (Å²) in [6, 6.07) is 18.4. The normalized spacial score (nSPS) is 15.5. The number of para-hydroxylation sites is 2. The zero-order valence-electron chi connectivity index (χ0n) is 19.8. The second-order valence-corrected chi connectivity index (χ2v) is 9.53. The second-order valence-electron chi connectivity index (χ2n) is 8.68. The largest absolute Gasteiger partial charge is 0.318 e. The molecule has 0 aliphatic carbocycles. The first-order chi connectivity index (χ1) is 18.3. The van der Waals surface area contributed by atoms with Crippen molar-refractivity contribution < 1.29 is 14.5 Å². The molecule has 2 heterocycles. The van der Waals surface area contributed by atoms with Crippen LogP contribution in [0.1, 0.15) is 23.7 Å². The molecule has 38 heavy (non-hydrogen) atoms. The van der Waals surface area contributed by atoms with E-state index in [0.29, 0.717) is 28.5 Å². The minimum absolute atomic E-state index is 0.0428. The molecule has 192 valence electrons. The number of nitro groups is 1. The molecule has 2 amide bonds. The number of non-ortho nitro benzene ring substituents is 1. The molecular formula is C26H20Cl2N6O4. The number of hydrogen-bond acceptors (Lipinski definition) is 6. The maximum atomic E-state index is 12.9. The van der Waals surface area contributed by atoms with Gasteiger partial charge in [0.2, 0.25) is 5.91 Å². The number of aromatic nitrogens is 2. The number of carbonyl (C=O) groups is 2. The van der Waals surface area contributed by atoms with Crippen molar-refractivity contribution in [1.29, 1.82) is 0 Å². The van der Waals surface area contributed by atoms with E-state index in [2.05, 4.69) is 10.5 Å². The SMILES string of the molecule is O=C(Cn1c(C2CC(=O)N(c3ccc(Cl)cc3)C2)nc2ccccc21)NN=Cc1cc([N+](=O)[O-])ccc1Cl. The van der Waals surface area contributed by atoms with E-state index in [1.54, 1.807) is 33.7 Å². The zero-order valence-corrected chi connectivity index (χ0v) is 21.3. The molecule has 1 unspecified atom stereocenters. The van der Waals surface area contributed by atoms with Gasteiger partial charge in [-0.2, -0.15) is 5.10 Å². The third-order valence-electron chi connectivity index (χ3n) is 6.20. The second kappa shape index (κ2) is 10.6. The molecule has 0 saturated carbocycles. The van der Waals surface area contributed by atoms with Gasteiger partial charge in [0.05, 0.1) is 22.2 Å². The Kier molecular flexibility index (Phi) is 7.08. The number of hydrazone groups is 1. The molecule has 1 aromatic heterocycles. The molecule has 0 bridgehead atoms. The highest BCUT2D eigenvalue weighted by Gasteiger charge is 2.35. The van der Waals surface area contributed by atoms with Gasteiger partial charge in [0.25, 0.3) is 11.6 Å². The number of hydrogen-bond donors (Lipinski definition) is 1. The lowest BCUT2D eigenvalue weighted by atomic mass is 10.1. The van der Waals surface area contributed by atoms with Gasteiger partial charge in [0.1, 0.15) is 12.4 Å². The van der Waals surface area contributed by atoms with Crippen LogP contribution in [0.3, 0.4) is 0 Å². The van der Waals surface area contributed by atoms with Gasteiger partial charge in [-0.05, 0) is 42.5 Å². The van der Waals surface area contributed by atoms with Crippen LogP contribution in [0.15, 0.2) is 71.8 Å². The van der Waals surface area contributed by atoms with Gasteiger partial charge in [-0.1, -0.05) is 35.3 Å². The highest BCUT2D eigenvalue weighted by Crippen LogP contribution is 2.33. The van der Waals surface area contributed by atoms with E-state index in [9.17, 15) is 19.7 Å². The number of imidazole rings is 1. The van der Waals surface area contributed by atoms with Crippen LogP contribution in [0, 0.1) is 10.1 Å². The molecule has 5 rings (SSSR count). The Bertz CT molecular complexity index is 1580. The predicted molar refractivity (Wildman–Crippen MR) is 145 cm³/mol. The van der Waals surface area contributed by atoms with Gasteiger partial charge < -0.3 is 9.47 Å². The van der Waals surface area contributed by atoms with Crippen molar-refractivity contribution >= 4 is 63.6 Å². The summed E-state index contributed by atoms with van der Waals surface area (Å²) in [4.78, 5) is 42.6. The maximum Gasteiger partial charge on any atom is 0.270 e. The number of rotatable bonds is 7. The highest BCUT2D eigenvalue weighted by atomic mass is 35.5. The molecule has 10 nitrogen and oxygen atoms in total. The van der Waals surface area contributed by atoms with Gasteiger partial charge in [-0.25, -0.2) is 10.4 Å². The molecule has 1 N–H and O–H groups in total. The number of nitro benzene ring substituents is 1.